The minimum atomic E-state index is 0.621. The molecule has 0 saturated carbocycles. The van der Waals surface area contributed by atoms with Crippen molar-refractivity contribution in [3.63, 3.8) is 0 Å². The molecule has 1 aromatic rings. The lowest BCUT2D eigenvalue weighted by molar-refractivity contribution is 0.264. The van der Waals surface area contributed by atoms with E-state index in [2.05, 4.69) is 22.4 Å². The highest BCUT2D eigenvalue weighted by Crippen LogP contribution is 2.14. The molecule has 1 aliphatic rings. The van der Waals surface area contributed by atoms with Gasteiger partial charge >= 0.3 is 0 Å². The van der Waals surface area contributed by atoms with Crippen molar-refractivity contribution in [2.75, 3.05) is 25.5 Å². The van der Waals surface area contributed by atoms with Gasteiger partial charge in [-0.1, -0.05) is 0 Å². The van der Waals surface area contributed by atoms with Crippen LogP contribution < -0.4 is 5.32 Å². The Morgan fingerprint density at radius 2 is 2.07 bits per heavy atom. The fourth-order valence-electron chi connectivity index (χ4n) is 1.88. The first-order valence-electron chi connectivity index (χ1n) is 5.18. The molecule has 78 valence electrons. The van der Waals surface area contributed by atoms with E-state index in [1.807, 2.05) is 24.1 Å². The van der Waals surface area contributed by atoms with Gasteiger partial charge in [0.15, 0.2) is 0 Å². The molecule has 0 aliphatic carbocycles. The predicted octanol–water partition coefficient (Wildman–Crippen LogP) is 0.926. The third kappa shape index (κ3) is 2.26. The second kappa shape index (κ2) is 4.00. The summed E-state index contributed by atoms with van der Waals surface area (Å²) in [5.41, 5.74) is 1.14. The first-order valence-corrected chi connectivity index (χ1v) is 5.18. The average molecular weight is 194 g/mol. The number of likely N-dealkylation sites (tertiary alicyclic amines) is 1. The fraction of sp³-hybridized carbons (Fsp3) is 0.700. The molecule has 1 fully saturated rings. The van der Waals surface area contributed by atoms with E-state index in [1.54, 1.807) is 0 Å². The topological polar surface area (TPSA) is 33.1 Å². The lowest BCUT2D eigenvalue weighted by Crippen LogP contribution is -2.36. The summed E-state index contributed by atoms with van der Waals surface area (Å²) in [7, 11) is 4.13. The molecule has 0 bridgehead atoms. The van der Waals surface area contributed by atoms with Crippen molar-refractivity contribution in [3.05, 3.63) is 12.4 Å². The van der Waals surface area contributed by atoms with Crippen molar-refractivity contribution in [2.24, 2.45) is 7.05 Å². The van der Waals surface area contributed by atoms with Crippen LogP contribution in [0.15, 0.2) is 12.4 Å². The van der Waals surface area contributed by atoms with E-state index in [1.165, 1.54) is 25.9 Å². The average Bonchev–Trinajstić information content (AvgIpc) is 2.56. The van der Waals surface area contributed by atoms with Crippen molar-refractivity contribution in [1.82, 2.24) is 14.7 Å². The van der Waals surface area contributed by atoms with Crippen LogP contribution in [0.4, 0.5) is 5.69 Å². The summed E-state index contributed by atoms with van der Waals surface area (Å²) >= 11 is 0. The number of hydrogen-bond donors (Lipinski definition) is 1. The number of aromatic nitrogens is 2. The fourth-order valence-corrected chi connectivity index (χ4v) is 1.88. The lowest BCUT2D eigenvalue weighted by Gasteiger charge is -2.29. The molecular formula is C10H18N4. The zero-order valence-electron chi connectivity index (χ0n) is 8.90. The Balaban J connectivity index is 1.86. The Morgan fingerprint density at radius 1 is 1.36 bits per heavy atom. The van der Waals surface area contributed by atoms with Gasteiger partial charge in [0.1, 0.15) is 0 Å². The highest BCUT2D eigenvalue weighted by molar-refractivity contribution is 5.39. The Morgan fingerprint density at radius 3 is 2.64 bits per heavy atom. The minimum absolute atomic E-state index is 0.621. The third-order valence-electron chi connectivity index (χ3n) is 2.79. The molecule has 0 spiro atoms. The molecular weight excluding hydrogens is 176 g/mol. The van der Waals surface area contributed by atoms with Crippen LogP contribution in [-0.4, -0.2) is 40.9 Å². The Bertz CT molecular complexity index is 286. The molecule has 0 radical (unpaired) electrons. The lowest BCUT2D eigenvalue weighted by atomic mass is 10.1. The smallest absolute Gasteiger partial charge is 0.0728 e. The molecule has 1 saturated heterocycles. The largest absolute Gasteiger partial charge is 0.380 e. The van der Waals surface area contributed by atoms with E-state index >= 15 is 0 Å². The van der Waals surface area contributed by atoms with Gasteiger partial charge in [0.25, 0.3) is 0 Å². The molecule has 0 amide bonds. The van der Waals surface area contributed by atoms with E-state index in [0.717, 1.165) is 5.69 Å². The molecule has 1 N–H and O–H groups in total. The SMILES string of the molecule is CN1CCC(Nc2cnn(C)c2)CC1. The van der Waals surface area contributed by atoms with Crippen molar-refractivity contribution >= 4 is 5.69 Å². The molecule has 0 atom stereocenters. The van der Waals surface area contributed by atoms with E-state index < -0.39 is 0 Å². The zero-order chi connectivity index (χ0) is 9.97. The van der Waals surface area contributed by atoms with Crippen molar-refractivity contribution in [1.29, 1.82) is 0 Å². The first kappa shape index (κ1) is 9.52. The molecule has 1 aliphatic heterocycles. The van der Waals surface area contributed by atoms with E-state index in [4.69, 9.17) is 0 Å². The van der Waals surface area contributed by atoms with Crippen molar-refractivity contribution in [3.8, 4) is 0 Å². The van der Waals surface area contributed by atoms with Gasteiger partial charge in [-0.25, -0.2) is 0 Å². The maximum atomic E-state index is 4.14. The number of nitrogens with zero attached hydrogens (tertiary/aromatic N) is 3. The maximum Gasteiger partial charge on any atom is 0.0728 e. The van der Waals surface area contributed by atoms with Crippen LogP contribution in [0.2, 0.25) is 0 Å². The van der Waals surface area contributed by atoms with E-state index in [0.29, 0.717) is 6.04 Å². The van der Waals surface area contributed by atoms with Crippen molar-refractivity contribution in [2.45, 2.75) is 18.9 Å². The number of anilines is 1. The monoisotopic (exact) mass is 194 g/mol. The number of aryl methyl sites for hydroxylation is 1. The van der Waals surface area contributed by atoms with Gasteiger partial charge in [-0.15, -0.1) is 0 Å². The van der Waals surface area contributed by atoms with E-state index in [-0.39, 0.29) is 0 Å². The van der Waals surface area contributed by atoms with Crippen LogP contribution in [-0.2, 0) is 7.05 Å². The second-order valence-electron chi connectivity index (χ2n) is 4.12. The van der Waals surface area contributed by atoms with Gasteiger partial charge in [0.2, 0.25) is 0 Å². The molecule has 0 aromatic carbocycles. The number of nitrogens with one attached hydrogen (secondary N) is 1. The summed E-state index contributed by atoms with van der Waals surface area (Å²) in [5.74, 6) is 0. The number of hydrogen-bond acceptors (Lipinski definition) is 3. The van der Waals surface area contributed by atoms with Gasteiger partial charge in [0, 0.05) is 19.3 Å². The Kier molecular flexibility index (Phi) is 2.72. The molecule has 4 nitrogen and oxygen atoms in total. The van der Waals surface area contributed by atoms with Gasteiger partial charge in [-0.05, 0) is 33.0 Å². The second-order valence-corrected chi connectivity index (χ2v) is 4.12. The summed E-state index contributed by atoms with van der Waals surface area (Å²) in [4.78, 5) is 2.38. The molecule has 2 heterocycles. The number of rotatable bonds is 2. The van der Waals surface area contributed by atoms with Gasteiger partial charge in [-0.3, -0.25) is 4.68 Å². The molecule has 0 unspecified atom stereocenters. The Hall–Kier alpha value is -1.03. The number of piperidine rings is 1. The van der Waals surface area contributed by atoms with Crippen LogP contribution >= 0.6 is 0 Å². The molecule has 2 rings (SSSR count). The highest BCUT2D eigenvalue weighted by atomic mass is 15.3. The standard InChI is InChI=1S/C10H18N4/c1-13-5-3-9(4-6-13)12-10-7-11-14(2)8-10/h7-9,12H,3-6H2,1-2H3. The van der Waals surface area contributed by atoms with Crippen LogP contribution in [0.25, 0.3) is 0 Å². The summed E-state index contributed by atoms with van der Waals surface area (Å²) in [5, 5.41) is 7.65. The highest BCUT2D eigenvalue weighted by Gasteiger charge is 2.16. The summed E-state index contributed by atoms with van der Waals surface area (Å²) in [6, 6.07) is 0.621. The predicted molar refractivity (Wildman–Crippen MR) is 57.3 cm³/mol. The summed E-state index contributed by atoms with van der Waals surface area (Å²) in [6.45, 7) is 2.38. The maximum absolute atomic E-state index is 4.14. The summed E-state index contributed by atoms with van der Waals surface area (Å²) in [6.07, 6.45) is 6.37. The van der Waals surface area contributed by atoms with Crippen LogP contribution in [0.5, 0.6) is 0 Å². The molecule has 14 heavy (non-hydrogen) atoms. The quantitative estimate of drug-likeness (QED) is 0.760. The van der Waals surface area contributed by atoms with Crippen molar-refractivity contribution < 1.29 is 0 Å². The van der Waals surface area contributed by atoms with Gasteiger partial charge < -0.3 is 10.2 Å². The van der Waals surface area contributed by atoms with Crippen LogP contribution in [0.3, 0.4) is 0 Å². The normalized spacial score (nSPS) is 19.9. The summed E-state index contributed by atoms with van der Waals surface area (Å²) < 4.78 is 1.83. The first-order chi connectivity index (χ1) is 6.74. The third-order valence-corrected chi connectivity index (χ3v) is 2.79. The zero-order valence-corrected chi connectivity index (χ0v) is 8.90. The van der Waals surface area contributed by atoms with Gasteiger partial charge in [-0.2, -0.15) is 5.10 Å². The Labute approximate surface area is 84.9 Å². The van der Waals surface area contributed by atoms with E-state index in [9.17, 15) is 0 Å². The van der Waals surface area contributed by atoms with Crippen LogP contribution in [0, 0.1) is 0 Å². The van der Waals surface area contributed by atoms with Gasteiger partial charge in [0.05, 0.1) is 11.9 Å². The molecule has 1 aromatic heterocycles. The van der Waals surface area contributed by atoms with Crippen LogP contribution in [0.1, 0.15) is 12.8 Å². The molecule has 4 heteroatoms. The minimum Gasteiger partial charge on any atom is -0.380 e.